The van der Waals surface area contributed by atoms with Gasteiger partial charge in [-0.25, -0.2) is 13.9 Å². The second kappa shape index (κ2) is 10.7. The van der Waals surface area contributed by atoms with Crippen LogP contribution in [0.3, 0.4) is 0 Å². The maximum Gasteiger partial charge on any atom is 0.222 e. The summed E-state index contributed by atoms with van der Waals surface area (Å²) in [5, 5.41) is 7.86. The molecule has 1 aromatic carbocycles. The minimum atomic E-state index is -1.04. The summed E-state index contributed by atoms with van der Waals surface area (Å²) in [6.45, 7) is 3.71. The number of benzene rings is 1. The lowest BCUT2D eigenvalue weighted by molar-refractivity contribution is 0.0260. The molecule has 0 amide bonds. The Kier molecular flexibility index (Phi) is 7.64. The van der Waals surface area contributed by atoms with E-state index in [2.05, 4.69) is 26.5 Å². The highest BCUT2D eigenvalue weighted by atomic mass is 32.2. The number of nitrogen functional groups attached to an aromatic ring is 3. The van der Waals surface area contributed by atoms with E-state index >= 15 is 0 Å². The number of amidine groups is 1. The molecule has 0 bridgehead atoms. The molecule has 2 heterocycles. The van der Waals surface area contributed by atoms with Crippen molar-refractivity contribution in [3.05, 3.63) is 29.8 Å². The summed E-state index contributed by atoms with van der Waals surface area (Å²) < 4.78 is 21.9. The van der Waals surface area contributed by atoms with E-state index < -0.39 is 11.0 Å². The second-order valence-electron chi connectivity index (χ2n) is 9.05. The van der Waals surface area contributed by atoms with Crippen LogP contribution in [0.15, 0.2) is 24.3 Å². The van der Waals surface area contributed by atoms with E-state index in [1.165, 1.54) is 6.42 Å². The first kappa shape index (κ1) is 24.4. The molecule has 0 spiro atoms. The first-order chi connectivity index (χ1) is 16.3. The van der Waals surface area contributed by atoms with E-state index in [-0.39, 0.29) is 29.2 Å². The maximum atomic E-state index is 12.7. The van der Waals surface area contributed by atoms with Gasteiger partial charge in [0.1, 0.15) is 11.7 Å². The highest BCUT2D eigenvalue weighted by molar-refractivity contribution is 7.83. The zero-order valence-corrected chi connectivity index (χ0v) is 20.3. The van der Waals surface area contributed by atoms with Gasteiger partial charge in [-0.2, -0.15) is 4.98 Å². The number of rotatable bonds is 7. The predicted molar refractivity (Wildman–Crippen MR) is 137 cm³/mol. The summed E-state index contributed by atoms with van der Waals surface area (Å²) in [5.74, 6) is 0.776. The van der Waals surface area contributed by atoms with Crippen molar-refractivity contribution in [2.75, 3.05) is 36.1 Å². The number of ether oxygens (including phenoxy) is 1. The van der Waals surface area contributed by atoms with Gasteiger partial charge in [0, 0.05) is 41.2 Å². The van der Waals surface area contributed by atoms with Gasteiger partial charge in [0.05, 0.1) is 35.4 Å². The third-order valence-corrected chi connectivity index (χ3v) is 8.00. The number of anilines is 3. The van der Waals surface area contributed by atoms with E-state index in [1.807, 2.05) is 12.1 Å². The Morgan fingerprint density at radius 3 is 2.71 bits per heavy atom. The summed E-state index contributed by atoms with van der Waals surface area (Å²) in [6.07, 6.45) is 5.48. The summed E-state index contributed by atoms with van der Waals surface area (Å²) in [7, 11) is -1.04. The Morgan fingerprint density at radius 1 is 1.24 bits per heavy atom. The predicted octanol–water partition coefficient (Wildman–Crippen LogP) is 1.77. The molecule has 1 saturated carbocycles. The van der Waals surface area contributed by atoms with Crippen molar-refractivity contribution in [2.24, 2.45) is 5.73 Å². The molecule has 8 N–H and O–H groups in total. The minimum absolute atomic E-state index is 0.0850. The van der Waals surface area contributed by atoms with Crippen LogP contribution in [0.25, 0.3) is 11.3 Å². The van der Waals surface area contributed by atoms with Crippen molar-refractivity contribution in [1.29, 1.82) is 5.41 Å². The van der Waals surface area contributed by atoms with Crippen molar-refractivity contribution in [2.45, 2.75) is 56.4 Å². The van der Waals surface area contributed by atoms with Crippen LogP contribution in [0.5, 0.6) is 0 Å². The average molecular weight is 487 g/mol. The summed E-state index contributed by atoms with van der Waals surface area (Å²) >= 11 is 0. The van der Waals surface area contributed by atoms with E-state index in [0.29, 0.717) is 42.5 Å². The smallest absolute Gasteiger partial charge is 0.222 e. The third kappa shape index (κ3) is 5.65. The number of nitrogens with two attached hydrogens (primary N) is 3. The number of aromatic nitrogens is 2. The molecule has 2 fully saturated rings. The van der Waals surface area contributed by atoms with Crippen LogP contribution in [0.2, 0.25) is 0 Å². The number of nitrogens with zero attached hydrogens (tertiary/aromatic N) is 3. The van der Waals surface area contributed by atoms with Crippen LogP contribution < -0.4 is 26.8 Å². The van der Waals surface area contributed by atoms with Crippen LogP contribution in [0, 0.1) is 5.41 Å². The molecular weight excluding hydrogens is 452 g/mol. The quantitative estimate of drug-likeness (QED) is 0.224. The first-order valence-corrected chi connectivity index (χ1v) is 12.9. The van der Waals surface area contributed by atoms with Crippen molar-refractivity contribution in [3.8, 4) is 11.3 Å². The molecule has 1 saturated heterocycles. The average Bonchev–Trinajstić information content (AvgIpc) is 2.83. The number of hydrogen-bond donors (Lipinski definition) is 5. The second-order valence-corrected chi connectivity index (χ2v) is 10.6. The molecule has 2 aliphatic rings. The zero-order chi connectivity index (χ0) is 24.2. The lowest BCUT2D eigenvalue weighted by atomic mass is 10.0. The van der Waals surface area contributed by atoms with Gasteiger partial charge < -0.3 is 26.8 Å². The highest BCUT2D eigenvalue weighted by Crippen LogP contribution is 2.28. The molecular formula is C23H34N8O2S. The van der Waals surface area contributed by atoms with Gasteiger partial charge in [0.2, 0.25) is 5.95 Å². The molecule has 11 heteroatoms. The number of nitrogens with one attached hydrogen (secondary N) is 2. The standard InChI is InChI=1S/C23H34N8O2S/c1-14-13-33-16(11-28-34(32)17-5-3-2-4-6-17)12-31(14)21-10-20(29-23(27)30-21)15-7-8-18(22(25)26)19(24)9-15/h7-10,14,16-17,28H,2-6,11-13,24H2,1H3,(H3,25,26)(H2,27,29,30). The minimum Gasteiger partial charge on any atom is -0.398 e. The van der Waals surface area contributed by atoms with Crippen LogP contribution in [0.4, 0.5) is 17.5 Å². The SMILES string of the molecule is CC1COC(CNS(=O)C2CCCCC2)CN1c1cc(-c2ccc(C(=N)N)c(N)c2)nc(N)n1. The summed E-state index contributed by atoms with van der Waals surface area (Å²) in [4.78, 5) is 11.0. The monoisotopic (exact) mass is 486 g/mol. The fourth-order valence-electron chi connectivity index (χ4n) is 4.55. The van der Waals surface area contributed by atoms with Gasteiger partial charge in [-0.1, -0.05) is 25.3 Å². The molecule has 10 nitrogen and oxygen atoms in total. The molecule has 3 atom stereocenters. The molecule has 2 aromatic rings. The Morgan fingerprint density at radius 2 is 2.00 bits per heavy atom. The third-order valence-electron chi connectivity index (χ3n) is 6.48. The Labute approximate surface area is 202 Å². The Balaban J connectivity index is 1.48. The summed E-state index contributed by atoms with van der Waals surface area (Å²) in [6, 6.07) is 7.22. The molecule has 1 aromatic heterocycles. The molecule has 184 valence electrons. The van der Waals surface area contributed by atoms with E-state index in [1.54, 1.807) is 12.1 Å². The largest absolute Gasteiger partial charge is 0.398 e. The zero-order valence-electron chi connectivity index (χ0n) is 19.5. The van der Waals surface area contributed by atoms with Gasteiger partial charge in [-0.15, -0.1) is 0 Å². The molecule has 3 unspecified atom stereocenters. The van der Waals surface area contributed by atoms with Crippen molar-refractivity contribution < 1.29 is 8.95 Å². The Bertz CT molecular complexity index is 1060. The van der Waals surface area contributed by atoms with Crippen LogP contribution in [0.1, 0.15) is 44.6 Å². The van der Waals surface area contributed by atoms with Crippen molar-refractivity contribution >= 4 is 34.3 Å². The van der Waals surface area contributed by atoms with Gasteiger partial charge >= 0.3 is 0 Å². The lowest BCUT2D eigenvalue weighted by Crippen LogP contribution is -2.52. The first-order valence-electron chi connectivity index (χ1n) is 11.7. The van der Waals surface area contributed by atoms with Crippen molar-refractivity contribution in [1.82, 2.24) is 14.7 Å². The number of hydrogen-bond acceptors (Lipinski definition) is 8. The topological polar surface area (TPSA) is 169 Å². The van der Waals surface area contributed by atoms with E-state index in [0.717, 1.165) is 31.2 Å². The van der Waals surface area contributed by atoms with E-state index in [4.69, 9.17) is 27.3 Å². The Hall–Kier alpha value is -2.76. The molecule has 0 radical (unpaired) electrons. The van der Waals surface area contributed by atoms with E-state index in [9.17, 15) is 4.21 Å². The lowest BCUT2D eigenvalue weighted by Gasteiger charge is -2.39. The van der Waals surface area contributed by atoms with Crippen LogP contribution >= 0.6 is 0 Å². The highest BCUT2D eigenvalue weighted by Gasteiger charge is 2.29. The molecule has 34 heavy (non-hydrogen) atoms. The van der Waals surface area contributed by atoms with Crippen LogP contribution in [-0.4, -0.2) is 57.1 Å². The molecule has 1 aliphatic heterocycles. The van der Waals surface area contributed by atoms with Gasteiger partial charge in [-0.05, 0) is 31.9 Å². The normalized spacial score (nSPS) is 22.4. The fraction of sp³-hybridized carbons (Fsp3) is 0.522. The van der Waals surface area contributed by atoms with Crippen LogP contribution in [-0.2, 0) is 15.7 Å². The summed E-state index contributed by atoms with van der Waals surface area (Å²) in [5.41, 5.74) is 20.0. The molecule has 4 rings (SSSR count). The van der Waals surface area contributed by atoms with Crippen molar-refractivity contribution in [3.63, 3.8) is 0 Å². The molecule has 1 aliphatic carbocycles. The van der Waals surface area contributed by atoms with Gasteiger partial charge in [0.15, 0.2) is 0 Å². The fourth-order valence-corrected chi connectivity index (χ4v) is 5.89. The maximum absolute atomic E-state index is 12.7. The number of morpholine rings is 1. The van der Waals surface area contributed by atoms with Gasteiger partial charge in [-0.3, -0.25) is 5.41 Å². The van der Waals surface area contributed by atoms with Gasteiger partial charge in [0.25, 0.3) is 0 Å².